The van der Waals surface area contributed by atoms with Crippen LogP contribution in [0.3, 0.4) is 0 Å². The molecule has 0 aromatic rings. The van der Waals surface area contributed by atoms with Gasteiger partial charge in [-0.25, -0.2) is 14.4 Å². The van der Waals surface area contributed by atoms with Crippen molar-refractivity contribution >= 4 is 92.3 Å². The van der Waals surface area contributed by atoms with Crippen LogP contribution >= 0.6 is 12.4 Å². The topological polar surface area (TPSA) is 372 Å². The summed E-state index contributed by atoms with van der Waals surface area (Å²) in [6, 6.07) is -2.29. The van der Waals surface area contributed by atoms with Crippen molar-refractivity contribution in [2.45, 2.75) is 170 Å². The van der Waals surface area contributed by atoms with Gasteiger partial charge in [0.15, 0.2) is 0 Å². The van der Waals surface area contributed by atoms with E-state index < -0.39 is 113 Å². The highest BCUT2D eigenvalue weighted by Gasteiger charge is 2.31. The molecule has 7 N–H and O–H groups in total. The van der Waals surface area contributed by atoms with Crippen molar-refractivity contribution in [2.24, 2.45) is 5.73 Å². The number of amides is 3. The summed E-state index contributed by atoms with van der Waals surface area (Å²) in [5, 5.41) is 23.6. The maximum atomic E-state index is 11.4. The monoisotopic (exact) mass is 1020 g/mol. The van der Waals surface area contributed by atoms with Gasteiger partial charge in [0.1, 0.15) is 66.7 Å². The van der Waals surface area contributed by atoms with Gasteiger partial charge in [-0.15, -0.1) is 12.4 Å². The Kier molecular flexibility index (Phi) is 35.7. The summed E-state index contributed by atoms with van der Waals surface area (Å²) in [7, 11) is 0. The first-order chi connectivity index (χ1) is 29.8. The van der Waals surface area contributed by atoms with Gasteiger partial charge in [-0.1, -0.05) is 14.9 Å². The fourth-order valence-electron chi connectivity index (χ4n) is 4.78. The number of nitrogens with two attached hydrogens (primary N) is 1. The number of esters is 7. The molecule has 0 bridgehead atoms. The van der Waals surface area contributed by atoms with E-state index in [9.17, 15) is 57.5 Å². The zero-order valence-electron chi connectivity index (χ0n) is 39.0. The van der Waals surface area contributed by atoms with Crippen molar-refractivity contribution in [3.05, 3.63) is 0 Å². The van der Waals surface area contributed by atoms with Crippen LogP contribution in [0.15, 0.2) is 0 Å². The number of ether oxygens (including phenoxy) is 7. The molecule has 4 heterocycles. The van der Waals surface area contributed by atoms with E-state index in [1.165, 1.54) is 0 Å². The number of nitrogens with one attached hydrogen (secondary N) is 3. The average molecular weight is 1020 g/mol. The highest BCUT2D eigenvalue weighted by molar-refractivity contribution is 5.97. The van der Waals surface area contributed by atoms with Gasteiger partial charge in [-0.2, -0.15) is 0 Å². The maximum absolute atomic E-state index is 11.4. The van der Waals surface area contributed by atoms with Gasteiger partial charge >= 0.3 is 53.7 Å². The van der Waals surface area contributed by atoms with Crippen molar-refractivity contribution in [1.82, 2.24) is 16.0 Å². The van der Waals surface area contributed by atoms with Crippen LogP contribution in [-0.2, 0) is 90.7 Å². The molecule has 27 heteroatoms. The number of hydrogen-bond donors (Lipinski definition) is 6. The molecule has 397 valence electrons. The summed E-state index contributed by atoms with van der Waals surface area (Å²) in [4.78, 5) is 130. The molecule has 4 aliphatic rings. The molecule has 0 spiro atoms. The number of aliphatic carboxylic acids is 2. The smallest absolute Gasteiger partial charge is 0.328 e. The number of carbonyl (C=O) groups excluding carboxylic acids is 10. The highest BCUT2D eigenvalue weighted by Crippen LogP contribution is 2.12. The van der Waals surface area contributed by atoms with Gasteiger partial charge in [-0.3, -0.25) is 43.2 Å². The number of hydrogen-bond acceptors (Lipinski definition) is 20. The first-order valence-electron chi connectivity index (χ1n) is 20.2. The van der Waals surface area contributed by atoms with Crippen LogP contribution in [0.5, 0.6) is 0 Å². The predicted molar refractivity (Wildman–Crippen MR) is 246 cm³/mol. The predicted octanol–water partition coefficient (Wildman–Crippen LogP) is 0.815. The van der Waals surface area contributed by atoms with Crippen LogP contribution in [0, 0.1) is 0 Å². The Morgan fingerprint density at radius 2 is 0.754 bits per heavy atom. The van der Waals surface area contributed by atoms with Crippen LogP contribution in [0.2, 0.25) is 0 Å². The minimum Gasteiger partial charge on any atom is -0.481 e. The van der Waals surface area contributed by atoms with E-state index in [1.54, 1.807) is 62.3 Å². The fraction of sp³-hybridized carbons (Fsp3) is 0.714. The Balaban J connectivity index is -0.000000184. The van der Waals surface area contributed by atoms with Gasteiger partial charge in [0, 0.05) is 35.5 Å². The van der Waals surface area contributed by atoms with Gasteiger partial charge < -0.3 is 65.1 Å². The Bertz CT molecular complexity index is 1680. The van der Waals surface area contributed by atoms with Gasteiger partial charge in [0.25, 0.3) is 0 Å². The largest absolute Gasteiger partial charge is 0.481 e. The molecular formula is C42H73BClN4O21. The molecule has 0 saturated carbocycles. The second-order valence-electron chi connectivity index (χ2n) is 17.0. The number of halogens is 1. The van der Waals surface area contributed by atoms with Crippen LogP contribution in [0.25, 0.3) is 0 Å². The Labute approximate surface area is 411 Å². The molecule has 69 heavy (non-hydrogen) atoms. The fourth-order valence-corrected chi connectivity index (χ4v) is 4.78. The minimum atomic E-state index is -1.22. The molecular weight excluding hydrogens is 943 g/mol. The lowest BCUT2D eigenvalue weighted by Crippen LogP contribution is -2.39. The van der Waals surface area contributed by atoms with E-state index in [1.807, 2.05) is 0 Å². The minimum absolute atomic E-state index is 0. The third kappa shape index (κ3) is 37.6. The van der Waals surface area contributed by atoms with Gasteiger partial charge in [0.05, 0.1) is 26.4 Å². The number of carboxylic acid groups (broad SMARTS) is 2. The Morgan fingerprint density at radius 1 is 0.507 bits per heavy atom. The molecule has 3 amide bonds. The normalized spacial score (nSPS) is 18.5. The third-order valence-electron chi connectivity index (χ3n) is 7.26. The summed E-state index contributed by atoms with van der Waals surface area (Å²) >= 11 is 0. The summed E-state index contributed by atoms with van der Waals surface area (Å²) < 4.78 is 33.1. The van der Waals surface area contributed by atoms with Crippen molar-refractivity contribution in [3.63, 3.8) is 0 Å². The van der Waals surface area contributed by atoms with Crippen LogP contribution < -0.4 is 21.7 Å². The molecule has 4 fully saturated rings. The van der Waals surface area contributed by atoms with Crippen LogP contribution in [0.1, 0.15) is 130 Å². The molecule has 0 aromatic carbocycles. The van der Waals surface area contributed by atoms with E-state index in [4.69, 9.17) is 30.2 Å². The molecule has 4 saturated heterocycles. The lowest BCUT2D eigenvalue weighted by Gasteiger charge is -2.19. The Morgan fingerprint density at radius 3 is 0.942 bits per heavy atom. The molecule has 4 rings (SSSR count). The van der Waals surface area contributed by atoms with E-state index in [0.717, 1.165) is 0 Å². The highest BCUT2D eigenvalue weighted by atomic mass is 35.5. The zero-order valence-corrected chi connectivity index (χ0v) is 39.8. The van der Waals surface area contributed by atoms with Crippen molar-refractivity contribution < 1.29 is 102 Å². The first-order valence-corrected chi connectivity index (χ1v) is 20.2. The van der Waals surface area contributed by atoms with E-state index >= 15 is 0 Å². The molecule has 4 aliphatic heterocycles. The van der Waals surface area contributed by atoms with Crippen LogP contribution in [0.4, 0.5) is 0 Å². The second-order valence-corrected chi connectivity index (χ2v) is 17.0. The quantitative estimate of drug-likeness (QED) is 0.0722. The Hall–Kier alpha value is -6.05. The third-order valence-corrected chi connectivity index (χ3v) is 7.26. The lowest BCUT2D eigenvalue weighted by atomic mass is 10.2. The van der Waals surface area contributed by atoms with Crippen molar-refractivity contribution in [3.8, 4) is 0 Å². The van der Waals surface area contributed by atoms with Crippen molar-refractivity contribution in [2.75, 3.05) is 26.4 Å². The van der Waals surface area contributed by atoms with Gasteiger partial charge in [0.2, 0.25) is 17.7 Å². The second kappa shape index (κ2) is 34.3. The molecule has 0 unspecified atom stereocenters. The number of cyclic esters (lactones) is 4. The molecule has 3 radical (unpaired) electrons. The van der Waals surface area contributed by atoms with E-state index in [0.29, 0.717) is 45.5 Å². The molecule has 4 atom stereocenters. The SMILES string of the molecule is C.C.CC(C)(C)OC(=O)CC(=O)N[C@H]1CCOC1=O.CC(C)(C)OC(=O)CC(=O)N[C@H]1CCOC1=O.CC(C)(C)OC(=O)CC(=O)O.Cl.N[C@H]1CCOC1=O.O=C(O)CC(=O)N[C@H]1CCOC1=O.[2HH].[B]. The standard InChI is InChI=1S/2C11H17NO5.C7H9NO5.C7H12O4.C4H7NO2.2CH4.B.ClH.H2/c2*1-11(2,3)17-9(14)6-8(13)12-7-4-5-16-10(7)15;9-5(3-6(10)11)8-4-1-2-13-7(4)12;1-7(2,3)11-6(10)4-5(8)9;5-3-1-2-7-4(3)6;;;;;/h2*7H,4-6H2,1-3H3,(H,12,13);4H,1-3H2,(H,8,9)(H,10,11);4H2,1-3H3,(H,8,9);3H,1-2,5H2;2*1H4;;2*1H/t2*7-;4-;;3-;;;;;/m000.0...../s1/i;;;;;;;;;1+1. The average Bonchev–Trinajstić information content (AvgIpc) is 3.90. The number of rotatable bonds is 11. The van der Waals surface area contributed by atoms with Crippen molar-refractivity contribution in [1.29, 1.82) is 0 Å². The number of carbonyl (C=O) groups is 12. The summed E-state index contributed by atoms with van der Waals surface area (Å²) in [6.07, 6.45) is 0.00393. The summed E-state index contributed by atoms with van der Waals surface area (Å²) in [5.74, 6) is -7.71. The van der Waals surface area contributed by atoms with E-state index in [-0.39, 0.29) is 68.6 Å². The molecule has 0 aromatic heterocycles. The first kappa shape index (κ1) is 71.9. The number of carboxylic acids is 2. The zero-order chi connectivity index (χ0) is 50.3. The maximum Gasteiger partial charge on any atom is 0.328 e. The molecule has 0 aliphatic carbocycles. The lowest BCUT2D eigenvalue weighted by molar-refractivity contribution is -0.160. The van der Waals surface area contributed by atoms with Crippen LogP contribution in [-0.4, -0.2) is 157 Å². The molecule has 25 nitrogen and oxygen atoms in total. The summed E-state index contributed by atoms with van der Waals surface area (Å²) in [5.41, 5.74) is 3.36. The van der Waals surface area contributed by atoms with Gasteiger partial charge in [-0.05, 0) is 62.3 Å². The van der Waals surface area contributed by atoms with E-state index in [2.05, 4.69) is 34.9 Å². The summed E-state index contributed by atoms with van der Waals surface area (Å²) in [6.45, 7) is 16.8.